The Morgan fingerprint density at radius 2 is 1.94 bits per heavy atom. The summed E-state index contributed by atoms with van der Waals surface area (Å²) in [5, 5.41) is 13.7. The Kier molecular flexibility index (Phi) is 5.21. The molecule has 1 N–H and O–H groups in total. The van der Waals surface area contributed by atoms with Crippen LogP contribution in [0.15, 0.2) is 70.1 Å². The third-order valence-electron chi connectivity index (χ3n) is 6.93. The van der Waals surface area contributed by atoms with Crippen molar-refractivity contribution in [3.05, 3.63) is 105 Å². The molecule has 0 spiro atoms. The number of fused-ring (bicyclic) bond motifs is 2. The van der Waals surface area contributed by atoms with Crippen LogP contribution in [0.25, 0.3) is 10.9 Å². The molecule has 176 valence electrons. The number of hydrogen-bond donors (Lipinski definition) is 1. The maximum atomic E-state index is 13.6. The second-order valence-electron chi connectivity index (χ2n) is 9.18. The molecule has 1 aliphatic rings. The average Bonchev–Trinajstić information content (AvgIpc) is 3.54. The van der Waals surface area contributed by atoms with E-state index in [-0.39, 0.29) is 5.56 Å². The van der Waals surface area contributed by atoms with Crippen LogP contribution < -0.4 is 10.5 Å². The van der Waals surface area contributed by atoms with Gasteiger partial charge < -0.3 is 14.3 Å². The first-order valence-corrected chi connectivity index (χ1v) is 11.9. The number of hydrogen-bond acceptors (Lipinski definition) is 6. The molecule has 0 saturated heterocycles. The number of furan rings is 1. The number of aromatic nitrogens is 5. The maximum Gasteiger partial charge on any atom is 0.254 e. The molecule has 8 heteroatoms. The first-order chi connectivity index (χ1) is 17.1. The second-order valence-corrected chi connectivity index (χ2v) is 9.18. The van der Waals surface area contributed by atoms with Gasteiger partial charge in [-0.05, 0) is 95.6 Å². The molecule has 8 nitrogen and oxygen atoms in total. The molecule has 4 heterocycles. The van der Waals surface area contributed by atoms with Crippen LogP contribution >= 0.6 is 0 Å². The quantitative estimate of drug-likeness (QED) is 0.415. The SMILES string of the molecule is Cc1cc2cc([C@H](c3nnnn3Cc3ccco3)N3CCCc4ccccc43)c(=O)[nH]c2cc1C. The molecule has 3 aromatic heterocycles. The van der Waals surface area contributed by atoms with Gasteiger partial charge in [-0.25, -0.2) is 4.68 Å². The molecule has 0 amide bonds. The Labute approximate surface area is 202 Å². The van der Waals surface area contributed by atoms with E-state index in [4.69, 9.17) is 4.42 Å². The topological polar surface area (TPSA) is 92.8 Å². The predicted molar refractivity (Wildman–Crippen MR) is 134 cm³/mol. The summed E-state index contributed by atoms with van der Waals surface area (Å²) in [6.45, 7) is 5.31. The smallest absolute Gasteiger partial charge is 0.254 e. The summed E-state index contributed by atoms with van der Waals surface area (Å²) >= 11 is 0. The van der Waals surface area contributed by atoms with Gasteiger partial charge >= 0.3 is 0 Å². The number of benzene rings is 2. The Balaban J connectivity index is 1.56. The van der Waals surface area contributed by atoms with E-state index < -0.39 is 6.04 Å². The van der Waals surface area contributed by atoms with Crippen LogP contribution in [0, 0.1) is 13.8 Å². The number of para-hydroxylation sites is 1. The fourth-order valence-corrected chi connectivity index (χ4v) is 5.04. The number of H-pyrrole nitrogens is 1. The summed E-state index contributed by atoms with van der Waals surface area (Å²) in [6, 6.07) is 17.8. The van der Waals surface area contributed by atoms with Crippen molar-refractivity contribution in [2.24, 2.45) is 0 Å². The largest absolute Gasteiger partial charge is 0.467 e. The van der Waals surface area contributed by atoms with Gasteiger partial charge in [0, 0.05) is 23.3 Å². The second kappa shape index (κ2) is 8.54. The highest BCUT2D eigenvalue weighted by Crippen LogP contribution is 2.36. The Morgan fingerprint density at radius 1 is 1.09 bits per heavy atom. The van der Waals surface area contributed by atoms with Crippen molar-refractivity contribution in [1.29, 1.82) is 0 Å². The molecule has 6 rings (SSSR count). The molecule has 2 aromatic carbocycles. The number of aryl methyl sites for hydroxylation is 3. The van der Waals surface area contributed by atoms with Crippen LogP contribution in [0.1, 0.15) is 46.3 Å². The molecule has 0 saturated carbocycles. The molecule has 0 fully saturated rings. The van der Waals surface area contributed by atoms with Crippen molar-refractivity contribution >= 4 is 16.6 Å². The standard InChI is InChI=1S/C27H26N6O2/c1-17-13-20-15-22(27(34)28-23(20)14-18(17)2)25(32-11-5-8-19-7-3-4-10-24(19)32)26-29-30-31-33(26)16-21-9-6-12-35-21/h3-4,6-7,9-10,12-15,25H,5,8,11,16H2,1-2H3,(H,28,34)/t25-/m1/s1. The van der Waals surface area contributed by atoms with E-state index in [1.54, 1.807) is 10.9 Å². The fraction of sp³-hybridized carbons (Fsp3) is 0.259. The molecule has 1 atom stereocenters. The van der Waals surface area contributed by atoms with Gasteiger partial charge in [-0.3, -0.25) is 4.79 Å². The Hall–Kier alpha value is -4.20. The zero-order valence-electron chi connectivity index (χ0n) is 19.7. The first kappa shape index (κ1) is 21.3. The van der Waals surface area contributed by atoms with Gasteiger partial charge in [0.1, 0.15) is 18.3 Å². The number of pyridine rings is 1. The molecule has 5 aromatic rings. The molecule has 0 unspecified atom stereocenters. The summed E-state index contributed by atoms with van der Waals surface area (Å²) in [4.78, 5) is 19.0. The van der Waals surface area contributed by atoms with E-state index >= 15 is 0 Å². The van der Waals surface area contributed by atoms with Crippen LogP contribution in [0.4, 0.5) is 5.69 Å². The van der Waals surface area contributed by atoms with Crippen LogP contribution in [-0.2, 0) is 13.0 Å². The minimum Gasteiger partial charge on any atom is -0.467 e. The van der Waals surface area contributed by atoms with Crippen LogP contribution in [0.3, 0.4) is 0 Å². The summed E-state index contributed by atoms with van der Waals surface area (Å²) in [6.07, 6.45) is 3.62. The molecular formula is C27H26N6O2. The molecule has 0 aliphatic carbocycles. The molecule has 35 heavy (non-hydrogen) atoms. The van der Waals surface area contributed by atoms with Crippen molar-refractivity contribution < 1.29 is 4.42 Å². The van der Waals surface area contributed by atoms with Crippen LogP contribution in [0.2, 0.25) is 0 Å². The molecular weight excluding hydrogens is 440 g/mol. The van der Waals surface area contributed by atoms with E-state index in [0.717, 1.165) is 47.3 Å². The third kappa shape index (κ3) is 3.80. The highest BCUT2D eigenvalue weighted by molar-refractivity contribution is 5.81. The van der Waals surface area contributed by atoms with Crippen molar-refractivity contribution in [1.82, 2.24) is 25.2 Å². The number of tetrazole rings is 1. The summed E-state index contributed by atoms with van der Waals surface area (Å²) in [5.74, 6) is 1.35. The molecule has 0 bridgehead atoms. The lowest BCUT2D eigenvalue weighted by Gasteiger charge is -2.37. The van der Waals surface area contributed by atoms with Crippen LogP contribution in [-0.4, -0.2) is 31.7 Å². The zero-order chi connectivity index (χ0) is 23.9. The normalized spacial score (nSPS) is 14.3. The minimum atomic E-state index is -0.462. The number of rotatable bonds is 5. The van der Waals surface area contributed by atoms with Gasteiger partial charge in [0.2, 0.25) is 0 Å². The molecule has 0 radical (unpaired) electrons. The van der Waals surface area contributed by atoms with Crippen molar-refractivity contribution in [3.8, 4) is 0 Å². The lowest BCUT2D eigenvalue weighted by Crippen LogP contribution is -2.38. The van der Waals surface area contributed by atoms with Gasteiger partial charge in [-0.2, -0.15) is 0 Å². The number of anilines is 1. The van der Waals surface area contributed by atoms with E-state index in [9.17, 15) is 4.79 Å². The highest BCUT2D eigenvalue weighted by atomic mass is 16.3. The average molecular weight is 467 g/mol. The van der Waals surface area contributed by atoms with E-state index in [1.165, 1.54) is 11.1 Å². The van der Waals surface area contributed by atoms with Gasteiger partial charge in [0.25, 0.3) is 5.56 Å². The van der Waals surface area contributed by atoms with E-state index in [0.29, 0.717) is 17.9 Å². The zero-order valence-corrected chi connectivity index (χ0v) is 19.7. The third-order valence-corrected chi connectivity index (χ3v) is 6.93. The maximum absolute atomic E-state index is 13.6. The first-order valence-electron chi connectivity index (χ1n) is 11.9. The molecule has 1 aliphatic heterocycles. The summed E-state index contributed by atoms with van der Waals surface area (Å²) < 4.78 is 7.28. The van der Waals surface area contributed by atoms with Gasteiger partial charge in [0.05, 0.1) is 6.26 Å². The van der Waals surface area contributed by atoms with Crippen molar-refractivity contribution in [2.45, 2.75) is 39.3 Å². The Bertz CT molecular complexity index is 1570. The number of nitrogens with zero attached hydrogens (tertiary/aromatic N) is 5. The summed E-state index contributed by atoms with van der Waals surface area (Å²) in [7, 11) is 0. The van der Waals surface area contributed by atoms with Crippen molar-refractivity contribution in [2.75, 3.05) is 11.4 Å². The van der Waals surface area contributed by atoms with Gasteiger partial charge in [0.15, 0.2) is 5.82 Å². The van der Waals surface area contributed by atoms with Crippen molar-refractivity contribution in [3.63, 3.8) is 0 Å². The highest BCUT2D eigenvalue weighted by Gasteiger charge is 2.33. The number of aromatic amines is 1. The Morgan fingerprint density at radius 3 is 2.80 bits per heavy atom. The minimum absolute atomic E-state index is 0.138. The van der Waals surface area contributed by atoms with Gasteiger partial charge in [-0.15, -0.1) is 5.10 Å². The van der Waals surface area contributed by atoms with E-state index in [2.05, 4.69) is 63.5 Å². The van der Waals surface area contributed by atoms with E-state index in [1.807, 2.05) is 30.3 Å². The van der Waals surface area contributed by atoms with Crippen LogP contribution in [0.5, 0.6) is 0 Å². The van der Waals surface area contributed by atoms with Gasteiger partial charge in [-0.1, -0.05) is 18.2 Å². The lowest BCUT2D eigenvalue weighted by atomic mass is 9.96. The number of nitrogens with one attached hydrogen (secondary N) is 1. The fourth-order valence-electron chi connectivity index (χ4n) is 5.04. The lowest BCUT2D eigenvalue weighted by molar-refractivity contribution is 0.461. The predicted octanol–water partition coefficient (Wildman–Crippen LogP) is 4.31. The monoisotopic (exact) mass is 466 g/mol. The summed E-state index contributed by atoms with van der Waals surface area (Å²) in [5.41, 5.74) is 6.00.